The molecule has 1 aliphatic heterocycles. The van der Waals surface area contributed by atoms with Gasteiger partial charge in [0.2, 0.25) is 0 Å². The number of carbonyl (C=O) groups excluding carboxylic acids is 1. The average molecular weight is 474 g/mol. The van der Waals surface area contributed by atoms with Crippen LogP contribution in [0.15, 0.2) is 40.2 Å². The van der Waals surface area contributed by atoms with Crippen LogP contribution in [0.1, 0.15) is 25.0 Å². The van der Waals surface area contributed by atoms with E-state index in [9.17, 15) is 13.2 Å². The van der Waals surface area contributed by atoms with E-state index in [1.54, 1.807) is 40.4 Å². The number of sulfonamides is 1. The highest BCUT2D eigenvalue weighted by atomic mass is 35.5. The maximum atomic E-state index is 12.9. The first-order valence-electron chi connectivity index (χ1n) is 8.91. The van der Waals surface area contributed by atoms with Crippen molar-refractivity contribution in [2.24, 2.45) is 0 Å². The average Bonchev–Trinajstić information content (AvgIpc) is 3.36. The quantitative estimate of drug-likeness (QED) is 0.523. The summed E-state index contributed by atoms with van der Waals surface area (Å²) < 4.78 is 34.4. The van der Waals surface area contributed by atoms with Gasteiger partial charge in [0.1, 0.15) is 16.9 Å². The third kappa shape index (κ3) is 4.15. The molecule has 0 bridgehead atoms. The highest BCUT2D eigenvalue weighted by Crippen LogP contribution is 2.29. The largest absolute Gasteiger partial charge is 0.458 e. The van der Waals surface area contributed by atoms with E-state index in [2.05, 4.69) is 4.98 Å². The summed E-state index contributed by atoms with van der Waals surface area (Å²) in [6.45, 7) is 0.209. The number of fused-ring (bicyclic) bond motifs is 1. The van der Waals surface area contributed by atoms with Crippen LogP contribution in [0.3, 0.4) is 0 Å². The van der Waals surface area contributed by atoms with E-state index in [-0.39, 0.29) is 10.8 Å². The highest BCUT2D eigenvalue weighted by Gasteiger charge is 2.39. The molecular formula is C18H17Cl2N3O4S2. The number of pyridine rings is 1. The third-order valence-electron chi connectivity index (χ3n) is 4.67. The van der Waals surface area contributed by atoms with Crippen LogP contribution >= 0.6 is 34.5 Å². The van der Waals surface area contributed by atoms with Crippen molar-refractivity contribution < 1.29 is 17.9 Å². The molecule has 0 aliphatic carbocycles. The molecule has 1 fully saturated rings. The molecule has 1 aliphatic rings. The lowest BCUT2D eigenvalue weighted by molar-refractivity contribution is -0.150. The van der Waals surface area contributed by atoms with Gasteiger partial charge >= 0.3 is 5.97 Å². The van der Waals surface area contributed by atoms with Gasteiger partial charge < -0.3 is 9.14 Å². The second-order valence-corrected chi connectivity index (χ2v) is 10.5. The lowest BCUT2D eigenvalue weighted by Gasteiger charge is -2.32. The summed E-state index contributed by atoms with van der Waals surface area (Å²) in [5.41, 5.74) is 0.993. The molecule has 11 heteroatoms. The standard InChI is InChI=1S/C18H17Cl2N3O4S2/c19-12-8-14(20)17-21-13(10-22(17)9-12)11-27-18(24)15-4-1-2-6-23(15)29(25,26)16-5-3-7-28-16/h3,5,7-10,15H,1-2,4,6,11H2. The van der Waals surface area contributed by atoms with Gasteiger partial charge in [-0.1, -0.05) is 29.3 Å². The highest BCUT2D eigenvalue weighted by molar-refractivity contribution is 7.91. The first-order chi connectivity index (χ1) is 13.9. The van der Waals surface area contributed by atoms with Crippen molar-refractivity contribution in [1.82, 2.24) is 13.7 Å². The van der Waals surface area contributed by atoms with E-state index in [1.807, 2.05) is 0 Å². The van der Waals surface area contributed by atoms with E-state index < -0.39 is 22.0 Å². The molecule has 154 valence electrons. The summed E-state index contributed by atoms with van der Waals surface area (Å²) in [7, 11) is -3.73. The van der Waals surface area contributed by atoms with Crippen LogP contribution in [0.25, 0.3) is 5.65 Å². The van der Waals surface area contributed by atoms with E-state index in [1.165, 1.54) is 4.31 Å². The first-order valence-corrected chi connectivity index (χ1v) is 12.0. The number of nitrogens with zero attached hydrogens (tertiary/aromatic N) is 3. The second kappa shape index (κ2) is 8.23. The number of halogens is 2. The molecular weight excluding hydrogens is 457 g/mol. The number of hydrogen-bond donors (Lipinski definition) is 0. The predicted molar refractivity (Wildman–Crippen MR) is 111 cm³/mol. The van der Waals surface area contributed by atoms with Gasteiger partial charge in [-0.2, -0.15) is 4.31 Å². The smallest absolute Gasteiger partial charge is 0.324 e. The van der Waals surface area contributed by atoms with Gasteiger partial charge in [0.15, 0.2) is 5.65 Å². The van der Waals surface area contributed by atoms with Gasteiger partial charge in [-0.25, -0.2) is 13.4 Å². The Labute approximate surface area is 181 Å². The van der Waals surface area contributed by atoms with Gasteiger partial charge in [-0.3, -0.25) is 4.79 Å². The van der Waals surface area contributed by atoms with Crippen molar-refractivity contribution in [2.75, 3.05) is 6.54 Å². The molecule has 0 aromatic carbocycles. The fourth-order valence-electron chi connectivity index (χ4n) is 3.34. The minimum Gasteiger partial charge on any atom is -0.458 e. The van der Waals surface area contributed by atoms with E-state index in [4.69, 9.17) is 27.9 Å². The Hall–Kier alpha value is -1.65. The summed E-state index contributed by atoms with van der Waals surface area (Å²) in [5, 5.41) is 2.54. The number of imidazole rings is 1. The molecule has 1 saturated heterocycles. The van der Waals surface area contributed by atoms with Crippen LogP contribution in [-0.2, 0) is 26.2 Å². The normalized spacial score (nSPS) is 18.2. The third-order valence-corrected chi connectivity index (χ3v) is 8.43. The van der Waals surface area contributed by atoms with Crippen molar-refractivity contribution in [3.05, 3.63) is 51.7 Å². The monoisotopic (exact) mass is 473 g/mol. The molecule has 0 N–H and O–H groups in total. The van der Waals surface area contributed by atoms with E-state index in [0.29, 0.717) is 40.8 Å². The maximum Gasteiger partial charge on any atom is 0.324 e. The van der Waals surface area contributed by atoms with Crippen LogP contribution < -0.4 is 0 Å². The Kier molecular flexibility index (Phi) is 5.85. The van der Waals surface area contributed by atoms with Gasteiger partial charge in [0.25, 0.3) is 10.0 Å². The lowest BCUT2D eigenvalue weighted by Crippen LogP contribution is -2.48. The molecule has 3 aromatic rings. The lowest BCUT2D eigenvalue weighted by atomic mass is 10.1. The Morgan fingerprint density at radius 2 is 2.14 bits per heavy atom. The summed E-state index contributed by atoms with van der Waals surface area (Å²) in [4.78, 5) is 17.1. The second-order valence-electron chi connectivity index (χ2n) is 6.64. The van der Waals surface area contributed by atoms with Gasteiger partial charge in [-0.05, 0) is 36.8 Å². The van der Waals surface area contributed by atoms with Crippen LogP contribution in [0.2, 0.25) is 10.0 Å². The number of hydrogen-bond acceptors (Lipinski definition) is 6. The molecule has 3 aromatic heterocycles. The van der Waals surface area contributed by atoms with Gasteiger partial charge in [-0.15, -0.1) is 11.3 Å². The molecule has 1 atom stereocenters. The van der Waals surface area contributed by atoms with Crippen LogP contribution in [0, 0.1) is 0 Å². The Balaban J connectivity index is 1.50. The number of esters is 1. The van der Waals surface area contributed by atoms with E-state index >= 15 is 0 Å². The fraction of sp³-hybridized carbons (Fsp3) is 0.333. The summed E-state index contributed by atoms with van der Waals surface area (Å²) in [6.07, 6.45) is 5.22. The molecule has 0 spiro atoms. The Morgan fingerprint density at radius 1 is 1.31 bits per heavy atom. The van der Waals surface area contributed by atoms with E-state index in [0.717, 1.165) is 17.8 Å². The zero-order valence-corrected chi connectivity index (χ0v) is 18.3. The number of thiophene rings is 1. The van der Waals surface area contributed by atoms with Crippen LogP contribution in [-0.4, -0.2) is 40.7 Å². The predicted octanol–water partition coefficient (Wildman–Crippen LogP) is 3.99. The van der Waals surface area contributed by atoms with Gasteiger partial charge in [0.05, 0.1) is 15.7 Å². The van der Waals surface area contributed by atoms with Crippen LogP contribution in [0.4, 0.5) is 0 Å². The molecule has 0 radical (unpaired) electrons. The molecule has 0 saturated carbocycles. The van der Waals surface area contributed by atoms with Crippen molar-refractivity contribution in [1.29, 1.82) is 0 Å². The minimum atomic E-state index is -3.73. The number of piperidine rings is 1. The molecule has 4 rings (SSSR count). The maximum absolute atomic E-state index is 12.9. The summed E-state index contributed by atoms with van der Waals surface area (Å²) in [6, 6.07) is 3.96. The Morgan fingerprint density at radius 3 is 2.90 bits per heavy atom. The minimum absolute atomic E-state index is 0.0855. The zero-order valence-electron chi connectivity index (χ0n) is 15.1. The molecule has 0 amide bonds. The SMILES string of the molecule is O=C(OCc1cn2cc(Cl)cc(Cl)c2n1)C1CCCCN1S(=O)(=O)c1cccs1. The molecule has 29 heavy (non-hydrogen) atoms. The first kappa shape index (κ1) is 20.6. The molecule has 4 heterocycles. The van der Waals surface area contributed by atoms with Crippen LogP contribution in [0.5, 0.6) is 0 Å². The number of carbonyl (C=O) groups is 1. The number of rotatable bonds is 5. The topological polar surface area (TPSA) is 81.0 Å². The number of aromatic nitrogens is 2. The van der Waals surface area contributed by atoms with Crippen molar-refractivity contribution >= 4 is 56.2 Å². The summed E-state index contributed by atoms with van der Waals surface area (Å²) >= 11 is 13.2. The zero-order chi connectivity index (χ0) is 20.6. The van der Waals surface area contributed by atoms with Crippen molar-refractivity contribution in [3.8, 4) is 0 Å². The Bertz CT molecular complexity index is 1150. The summed E-state index contributed by atoms with van der Waals surface area (Å²) in [5.74, 6) is -0.578. The van der Waals surface area contributed by atoms with Gasteiger partial charge in [0, 0.05) is 18.9 Å². The number of ether oxygens (including phenoxy) is 1. The molecule has 1 unspecified atom stereocenters. The fourth-order valence-corrected chi connectivity index (χ4v) is 6.63. The molecule has 7 nitrogen and oxygen atoms in total. The van der Waals surface area contributed by atoms with Crippen molar-refractivity contribution in [2.45, 2.75) is 36.1 Å². The van der Waals surface area contributed by atoms with Crippen molar-refractivity contribution in [3.63, 3.8) is 0 Å².